The van der Waals surface area contributed by atoms with Crippen LogP contribution >= 0.6 is 23.4 Å². The van der Waals surface area contributed by atoms with E-state index in [1.807, 2.05) is 30.3 Å². The van der Waals surface area contributed by atoms with Crippen LogP contribution in [0.2, 0.25) is 5.02 Å². The van der Waals surface area contributed by atoms with E-state index in [-0.39, 0.29) is 23.7 Å². The number of thioether (sulfide) groups is 1. The molecular formula is C22H20ClN3O4S. The fourth-order valence-corrected chi connectivity index (χ4v) is 4.47. The average molecular weight is 458 g/mol. The maximum Gasteiger partial charge on any atom is 0.257 e. The van der Waals surface area contributed by atoms with Crippen LogP contribution in [-0.4, -0.2) is 30.1 Å². The molecule has 1 aromatic heterocycles. The van der Waals surface area contributed by atoms with E-state index in [9.17, 15) is 9.59 Å². The average Bonchev–Trinajstić information content (AvgIpc) is 2.77. The zero-order chi connectivity index (χ0) is 22.0. The summed E-state index contributed by atoms with van der Waals surface area (Å²) in [7, 11) is 3.11. The zero-order valence-electron chi connectivity index (χ0n) is 16.9. The van der Waals surface area contributed by atoms with Crippen LogP contribution in [0.4, 0.5) is 5.82 Å². The number of amides is 1. The monoisotopic (exact) mass is 457 g/mol. The number of nitrogens with zero attached hydrogens (tertiary/aromatic N) is 1. The van der Waals surface area contributed by atoms with Crippen LogP contribution in [0.15, 0.2) is 52.4 Å². The van der Waals surface area contributed by atoms with Crippen molar-refractivity contribution in [2.75, 3.05) is 19.5 Å². The predicted octanol–water partition coefficient (Wildman–Crippen LogP) is 4.21. The number of nitrogens with one attached hydrogen (secondary N) is 2. The summed E-state index contributed by atoms with van der Waals surface area (Å²) in [6.45, 7) is 0. The standard InChI is InChI=1S/C22H20ClN3O4S/c1-29-14-7-8-15(17(9-14)30-2)16-10-18(27)24-20-19(16)21(28)26-22(25-20)31-11-12-3-5-13(23)6-4-12/h3-9,16H,10-11H2,1-2H3,(H2,24,25,26,27,28). The second-order valence-corrected chi connectivity index (χ2v) is 8.36. The molecular weight excluding hydrogens is 438 g/mol. The lowest BCUT2D eigenvalue weighted by molar-refractivity contribution is -0.116. The highest BCUT2D eigenvalue weighted by Gasteiger charge is 2.32. The van der Waals surface area contributed by atoms with Crippen molar-refractivity contribution in [1.82, 2.24) is 9.97 Å². The zero-order valence-corrected chi connectivity index (χ0v) is 18.5. The molecule has 4 rings (SSSR count). The number of ether oxygens (including phenoxy) is 2. The maximum absolute atomic E-state index is 13.0. The molecule has 2 heterocycles. The Balaban J connectivity index is 1.67. The molecule has 0 spiro atoms. The van der Waals surface area contributed by atoms with Crippen molar-refractivity contribution in [2.24, 2.45) is 0 Å². The molecule has 1 aliphatic rings. The first-order valence-corrected chi connectivity index (χ1v) is 10.9. The minimum atomic E-state index is -0.476. The number of aromatic amines is 1. The molecule has 2 N–H and O–H groups in total. The molecule has 1 atom stereocenters. The number of methoxy groups -OCH3 is 2. The molecule has 1 aliphatic heterocycles. The van der Waals surface area contributed by atoms with E-state index in [1.165, 1.54) is 11.8 Å². The van der Waals surface area contributed by atoms with E-state index < -0.39 is 5.92 Å². The van der Waals surface area contributed by atoms with E-state index in [0.29, 0.717) is 33.0 Å². The number of fused-ring (bicyclic) bond motifs is 1. The fraction of sp³-hybridized carbons (Fsp3) is 0.227. The van der Waals surface area contributed by atoms with Crippen molar-refractivity contribution < 1.29 is 14.3 Å². The lowest BCUT2D eigenvalue weighted by Gasteiger charge is -2.26. The van der Waals surface area contributed by atoms with Gasteiger partial charge in [0.25, 0.3) is 5.56 Å². The Morgan fingerprint density at radius 2 is 1.90 bits per heavy atom. The topological polar surface area (TPSA) is 93.3 Å². The third kappa shape index (κ3) is 4.55. The van der Waals surface area contributed by atoms with Crippen LogP contribution in [0.3, 0.4) is 0 Å². The molecule has 9 heteroatoms. The van der Waals surface area contributed by atoms with Crippen LogP contribution in [0.25, 0.3) is 0 Å². The van der Waals surface area contributed by atoms with Gasteiger partial charge in [0, 0.05) is 34.7 Å². The van der Waals surface area contributed by atoms with Gasteiger partial charge in [-0.25, -0.2) is 4.98 Å². The van der Waals surface area contributed by atoms with E-state index in [1.54, 1.807) is 26.4 Å². The van der Waals surface area contributed by atoms with Gasteiger partial charge in [0.2, 0.25) is 5.91 Å². The van der Waals surface area contributed by atoms with E-state index in [4.69, 9.17) is 21.1 Å². The highest BCUT2D eigenvalue weighted by molar-refractivity contribution is 7.98. The Bertz CT molecular complexity index is 1180. The normalized spacial score (nSPS) is 15.2. The first-order chi connectivity index (χ1) is 15.0. The smallest absolute Gasteiger partial charge is 0.257 e. The Kier molecular flexibility index (Phi) is 6.20. The van der Waals surface area contributed by atoms with Gasteiger partial charge in [-0.15, -0.1) is 0 Å². The number of halogens is 1. The van der Waals surface area contributed by atoms with Gasteiger partial charge in [-0.2, -0.15) is 0 Å². The van der Waals surface area contributed by atoms with Gasteiger partial charge in [0.15, 0.2) is 5.16 Å². The second kappa shape index (κ2) is 9.03. The summed E-state index contributed by atoms with van der Waals surface area (Å²) in [6.07, 6.45) is 0.123. The van der Waals surface area contributed by atoms with Crippen LogP contribution in [0.1, 0.15) is 29.0 Å². The molecule has 1 unspecified atom stereocenters. The molecule has 1 amide bonds. The number of benzene rings is 2. The summed E-state index contributed by atoms with van der Waals surface area (Å²) in [6, 6.07) is 12.8. The summed E-state index contributed by atoms with van der Waals surface area (Å²) in [5.74, 6) is 1.37. The van der Waals surface area contributed by atoms with Crippen molar-refractivity contribution in [2.45, 2.75) is 23.2 Å². The van der Waals surface area contributed by atoms with Gasteiger partial charge in [0.1, 0.15) is 17.3 Å². The Morgan fingerprint density at radius 1 is 1.13 bits per heavy atom. The molecule has 0 bridgehead atoms. The predicted molar refractivity (Wildman–Crippen MR) is 121 cm³/mol. The fourth-order valence-electron chi connectivity index (χ4n) is 3.52. The minimum absolute atomic E-state index is 0.123. The van der Waals surface area contributed by atoms with Crippen LogP contribution in [0.5, 0.6) is 11.5 Å². The minimum Gasteiger partial charge on any atom is -0.497 e. The molecule has 0 saturated heterocycles. The number of H-pyrrole nitrogens is 1. The number of hydrogen-bond acceptors (Lipinski definition) is 6. The van der Waals surface area contributed by atoms with E-state index in [2.05, 4.69) is 15.3 Å². The molecule has 0 fully saturated rings. The van der Waals surface area contributed by atoms with E-state index in [0.717, 1.165) is 11.1 Å². The molecule has 2 aromatic carbocycles. The quantitative estimate of drug-likeness (QED) is 0.425. The highest BCUT2D eigenvalue weighted by Crippen LogP contribution is 2.40. The number of aromatic nitrogens is 2. The maximum atomic E-state index is 13.0. The van der Waals surface area contributed by atoms with Gasteiger partial charge < -0.3 is 19.8 Å². The Hall–Kier alpha value is -2.97. The number of rotatable bonds is 6. The molecule has 0 saturated carbocycles. The molecule has 0 radical (unpaired) electrons. The SMILES string of the molecule is COc1ccc(C2CC(=O)Nc3nc(SCc4ccc(Cl)cc4)[nH]c(=O)c32)c(OC)c1. The molecule has 31 heavy (non-hydrogen) atoms. The van der Waals surface area contributed by atoms with Crippen molar-refractivity contribution in [3.8, 4) is 11.5 Å². The third-order valence-corrected chi connectivity index (χ3v) is 6.23. The summed E-state index contributed by atoms with van der Waals surface area (Å²) in [5.41, 5.74) is 1.90. The van der Waals surface area contributed by atoms with Crippen LogP contribution in [-0.2, 0) is 10.5 Å². The lowest BCUT2D eigenvalue weighted by atomic mass is 9.86. The van der Waals surface area contributed by atoms with Crippen molar-refractivity contribution in [1.29, 1.82) is 0 Å². The van der Waals surface area contributed by atoms with Gasteiger partial charge >= 0.3 is 0 Å². The lowest BCUT2D eigenvalue weighted by Crippen LogP contribution is -2.31. The summed E-state index contributed by atoms with van der Waals surface area (Å²) in [5, 5.41) is 3.84. The van der Waals surface area contributed by atoms with Gasteiger partial charge in [-0.1, -0.05) is 41.6 Å². The molecule has 0 aliphatic carbocycles. The molecule has 3 aromatic rings. The number of anilines is 1. The number of carbonyl (C=O) groups excluding carboxylic acids is 1. The third-order valence-electron chi connectivity index (χ3n) is 5.03. The second-order valence-electron chi connectivity index (χ2n) is 6.96. The largest absolute Gasteiger partial charge is 0.497 e. The highest BCUT2D eigenvalue weighted by atomic mass is 35.5. The van der Waals surface area contributed by atoms with Gasteiger partial charge in [-0.05, 0) is 23.8 Å². The first kappa shape index (κ1) is 21.3. The Morgan fingerprint density at radius 3 is 2.61 bits per heavy atom. The number of carbonyl (C=O) groups is 1. The van der Waals surface area contributed by atoms with Crippen LogP contribution < -0.4 is 20.3 Å². The Labute approximate surface area is 188 Å². The van der Waals surface area contributed by atoms with Crippen molar-refractivity contribution >= 4 is 35.1 Å². The molecule has 160 valence electrons. The summed E-state index contributed by atoms with van der Waals surface area (Å²) in [4.78, 5) is 32.8. The van der Waals surface area contributed by atoms with Crippen molar-refractivity contribution in [3.05, 3.63) is 74.5 Å². The summed E-state index contributed by atoms with van der Waals surface area (Å²) >= 11 is 7.30. The first-order valence-electron chi connectivity index (χ1n) is 9.51. The molecule has 7 nitrogen and oxygen atoms in total. The van der Waals surface area contributed by atoms with Crippen LogP contribution in [0, 0.1) is 0 Å². The number of hydrogen-bond donors (Lipinski definition) is 2. The van der Waals surface area contributed by atoms with Gasteiger partial charge in [-0.3, -0.25) is 9.59 Å². The van der Waals surface area contributed by atoms with Crippen molar-refractivity contribution in [3.63, 3.8) is 0 Å². The van der Waals surface area contributed by atoms with Gasteiger partial charge in [0.05, 0.1) is 19.8 Å². The van der Waals surface area contributed by atoms with E-state index >= 15 is 0 Å². The summed E-state index contributed by atoms with van der Waals surface area (Å²) < 4.78 is 10.7.